The summed E-state index contributed by atoms with van der Waals surface area (Å²) in [6.07, 6.45) is 1.70. The lowest BCUT2D eigenvalue weighted by Crippen LogP contribution is -2.44. The third kappa shape index (κ3) is 5.16. The number of carbonyl (C=O) groups is 2. The normalized spacial score (nSPS) is 10.9. The van der Waals surface area contributed by atoms with Gasteiger partial charge >= 0.3 is 0 Å². The molecule has 0 bridgehead atoms. The minimum atomic E-state index is -0.436. The second kappa shape index (κ2) is 8.82. The molecule has 0 saturated heterocycles. The molecule has 6 nitrogen and oxygen atoms in total. The van der Waals surface area contributed by atoms with E-state index >= 15 is 0 Å². The Morgan fingerprint density at radius 1 is 1.03 bits per heavy atom. The van der Waals surface area contributed by atoms with Crippen molar-refractivity contribution in [1.82, 2.24) is 10.9 Å². The Morgan fingerprint density at radius 2 is 1.72 bits per heavy atom. The molecule has 0 unspecified atom stereocenters. The quantitative estimate of drug-likeness (QED) is 0.621. The predicted octanol–water partition coefficient (Wildman–Crippen LogP) is 3.94. The van der Waals surface area contributed by atoms with E-state index in [-0.39, 0.29) is 18.9 Å². The second-order valence-electron chi connectivity index (χ2n) is 7.50. The van der Waals surface area contributed by atoms with E-state index in [0.29, 0.717) is 11.7 Å². The molecule has 2 amide bonds. The van der Waals surface area contributed by atoms with Crippen LogP contribution in [0.5, 0.6) is 5.75 Å². The average Bonchev–Trinajstić information content (AvgIpc) is 3.06. The van der Waals surface area contributed by atoms with Gasteiger partial charge in [-0.3, -0.25) is 20.4 Å². The summed E-state index contributed by atoms with van der Waals surface area (Å²) in [5.74, 6) is 0.207. The molecule has 0 radical (unpaired) electrons. The minimum Gasteiger partial charge on any atom is -0.484 e. The molecule has 3 rings (SSSR count). The number of furan rings is 1. The highest BCUT2D eigenvalue weighted by Gasteiger charge is 2.14. The van der Waals surface area contributed by atoms with E-state index in [1.54, 1.807) is 18.4 Å². The van der Waals surface area contributed by atoms with Crippen molar-refractivity contribution < 1.29 is 18.7 Å². The van der Waals surface area contributed by atoms with Crippen LogP contribution < -0.4 is 15.6 Å². The largest absolute Gasteiger partial charge is 0.484 e. The molecule has 0 fully saturated rings. The topological polar surface area (TPSA) is 80.6 Å². The number of ether oxygens (including phenoxy) is 1. The van der Waals surface area contributed by atoms with E-state index in [9.17, 15) is 9.59 Å². The molecule has 1 heterocycles. The average molecular weight is 394 g/mol. The van der Waals surface area contributed by atoms with Crippen LogP contribution >= 0.6 is 0 Å². The van der Waals surface area contributed by atoms with Crippen LogP contribution in [0.3, 0.4) is 0 Å². The van der Waals surface area contributed by atoms with Crippen molar-refractivity contribution in [2.75, 3.05) is 6.61 Å². The van der Waals surface area contributed by atoms with Crippen molar-refractivity contribution in [3.8, 4) is 5.75 Å². The van der Waals surface area contributed by atoms with Gasteiger partial charge in [-0.2, -0.15) is 0 Å². The number of amides is 2. The first-order valence-electron chi connectivity index (χ1n) is 9.61. The van der Waals surface area contributed by atoms with Crippen LogP contribution in [0, 0.1) is 13.8 Å². The van der Waals surface area contributed by atoms with Gasteiger partial charge in [-0.25, -0.2) is 0 Å². The number of fused-ring (bicyclic) bond motifs is 1. The Balaban J connectivity index is 1.54. The monoisotopic (exact) mass is 394 g/mol. The van der Waals surface area contributed by atoms with Crippen molar-refractivity contribution in [3.05, 3.63) is 64.9 Å². The van der Waals surface area contributed by atoms with Crippen molar-refractivity contribution in [2.45, 2.75) is 40.0 Å². The Kier molecular flexibility index (Phi) is 6.22. The molecule has 6 heteroatoms. The summed E-state index contributed by atoms with van der Waals surface area (Å²) in [6, 6.07) is 11.5. The standard InChI is InChI=1S/C23H26N2O4/c1-14(2)19-11-20-17(12-29-21(20)9-16(19)4)10-22(26)24-25-23(27)13-28-18-7-5-15(3)6-8-18/h5-9,11-12,14H,10,13H2,1-4H3,(H,24,26)(H,25,27). The summed E-state index contributed by atoms with van der Waals surface area (Å²) in [5.41, 5.74) is 9.82. The summed E-state index contributed by atoms with van der Waals surface area (Å²) in [4.78, 5) is 24.1. The molecule has 0 aliphatic carbocycles. The molecule has 1 aromatic heterocycles. The van der Waals surface area contributed by atoms with Crippen LogP contribution in [-0.4, -0.2) is 18.4 Å². The van der Waals surface area contributed by atoms with Gasteiger partial charge in [0, 0.05) is 10.9 Å². The summed E-state index contributed by atoms with van der Waals surface area (Å²) >= 11 is 0. The molecule has 3 aromatic rings. The predicted molar refractivity (Wildman–Crippen MR) is 112 cm³/mol. The Morgan fingerprint density at radius 3 is 2.41 bits per heavy atom. The van der Waals surface area contributed by atoms with Crippen LogP contribution in [0.2, 0.25) is 0 Å². The second-order valence-corrected chi connectivity index (χ2v) is 7.50. The maximum atomic E-state index is 12.2. The third-order valence-corrected chi connectivity index (χ3v) is 4.75. The summed E-state index contributed by atoms with van der Waals surface area (Å²) in [6.45, 7) is 8.11. The first-order chi connectivity index (χ1) is 13.8. The van der Waals surface area contributed by atoms with Crippen LogP contribution in [0.4, 0.5) is 0 Å². The Hall–Kier alpha value is -3.28. The molecule has 0 aliphatic rings. The number of nitrogens with one attached hydrogen (secondary N) is 2. The zero-order chi connectivity index (χ0) is 21.0. The van der Waals surface area contributed by atoms with Crippen molar-refractivity contribution in [3.63, 3.8) is 0 Å². The molecule has 29 heavy (non-hydrogen) atoms. The molecule has 0 saturated carbocycles. The maximum Gasteiger partial charge on any atom is 0.276 e. The Bertz CT molecular complexity index is 1020. The van der Waals surface area contributed by atoms with E-state index in [1.165, 1.54) is 11.1 Å². The number of hydrazine groups is 1. The van der Waals surface area contributed by atoms with E-state index in [1.807, 2.05) is 25.1 Å². The van der Waals surface area contributed by atoms with Gasteiger partial charge in [0.05, 0.1) is 12.7 Å². The van der Waals surface area contributed by atoms with E-state index < -0.39 is 5.91 Å². The van der Waals surface area contributed by atoms with Crippen LogP contribution in [-0.2, 0) is 16.0 Å². The highest BCUT2D eigenvalue weighted by molar-refractivity contribution is 5.89. The van der Waals surface area contributed by atoms with Crippen molar-refractivity contribution in [2.24, 2.45) is 0 Å². The minimum absolute atomic E-state index is 0.104. The first kappa shape index (κ1) is 20.5. The first-order valence-corrected chi connectivity index (χ1v) is 9.61. The van der Waals surface area contributed by atoms with Crippen LogP contribution in [0.1, 0.15) is 42.0 Å². The highest BCUT2D eigenvalue weighted by Crippen LogP contribution is 2.29. The molecule has 0 spiro atoms. The molecule has 2 N–H and O–H groups in total. The number of carbonyl (C=O) groups excluding carboxylic acids is 2. The summed E-state index contributed by atoms with van der Waals surface area (Å²) < 4.78 is 11.0. The molecule has 2 aromatic carbocycles. The van der Waals surface area contributed by atoms with Crippen molar-refractivity contribution >= 4 is 22.8 Å². The van der Waals surface area contributed by atoms with Crippen LogP contribution in [0.25, 0.3) is 11.0 Å². The van der Waals surface area contributed by atoms with E-state index in [4.69, 9.17) is 9.15 Å². The zero-order valence-corrected chi connectivity index (χ0v) is 17.2. The molecule has 0 aliphatic heterocycles. The van der Waals surface area contributed by atoms with Gasteiger partial charge in [-0.15, -0.1) is 0 Å². The van der Waals surface area contributed by atoms with E-state index in [0.717, 1.165) is 22.1 Å². The van der Waals surface area contributed by atoms with Gasteiger partial charge in [-0.1, -0.05) is 31.5 Å². The lowest BCUT2D eigenvalue weighted by Gasteiger charge is -2.10. The lowest BCUT2D eigenvalue weighted by atomic mass is 9.95. The third-order valence-electron chi connectivity index (χ3n) is 4.75. The number of hydrogen-bond donors (Lipinski definition) is 2. The lowest BCUT2D eigenvalue weighted by molar-refractivity contribution is -0.129. The number of aryl methyl sites for hydroxylation is 2. The molecular weight excluding hydrogens is 368 g/mol. The number of rotatable bonds is 6. The van der Waals surface area contributed by atoms with E-state index in [2.05, 4.69) is 37.7 Å². The van der Waals surface area contributed by atoms with Gasteiger partial charge in [0.1, 0.15) is 11.3 Å². The molecule has 0 atom stereocenters. The smallest absolute Gasteiger partial charge is 0.276 e. The number of hydrogen-bond acceptors (Lipinski definition) is 4. The SMILES string of the molecule is Cc1ccc(OCC(=O)NNC(=O)Cc2coc3cc(C)c(C(C)C)cc23)cc1. The van der Waals surface area contributed by atoms with Gasteiger partial charge < -0.3 is 9.15 Å². The van der Waals surface area contributed by atoms with Gasteiger partial charge in [-0.05, 0) is 55.2 Å². The fraction of sp³-hybridized carbons (Fsp3) is 0.304. The zero-order valence-electron chi connectivity index (χ0n) is 17.2. The van der Waals surface area contributed by atoms with Crippen molar-refractivity contribution in [1.29, 1.82) is 0 Å². The Labute approximate surface area is 170 Å². The summed E-state index contributed by atoms with van der Waals surface area (Å²) in [7, 11) is 0. The highest BCUT2D eigenvalue weighted by atomic mass is 16.5. The van der Waals surface area contributed by atoms with Gasteiger partial charge in [0.15, 0.2) is 6.61 Å². The fourth-order valence-electron chi connectivity index (χ4n) is 3.18. The molecule has 152 valence electrons. The van der Waals surface area contributed by atoms with Crippen LogP contribution in [0.15, 0.2) is 47.1 Å². The summed E-state index contributed by atoms with van der Waals surface area (Å²) in [5, 5.41) is 0.920. The van der Waals surface area contributed by atoms with Gasteiger partial charge in [0.25, 0.3) is 5.91 Å². The van der Waals surface area contributed by atoms with Gasteiger partial charge in [0.2, 0.25) is 5.91 Å². The fourth-order valence-corrected chi connectivity index (χ4v) is 3.18. The molecular formula is C23H26N2O4. The number of benzene rings is 2. The maximum absolute atomic E-state index is 12.2.